The predicted octanol–water partition coefficient (Wildman–Crippen LogP) is 0.0937. The third kappa shape index (κ3) is 0.920. The van der Waals surface area contributed by atoms with Gasteiger partial charge in [0.25, 0.3) is 0 Å². The molecule has 51 valence electrons. The lowest BCUT2D eigenvalue weighted by Crippen LogP contribution is -2.20. The van der Waals surface area contributed by atoms with Crippen LogP contribution in [-0.4, -0.2) is 17.7 Å². The van der Waals surface area contributed by atoms with Gasteiger partial charge in [-0.05, 0) is 12.8 Å². The third-order valence-corrected chi connectivity index (χ3v) is 1.72. The lowest BCUT2D eigenvalue weighted by molar-refractivity contribution is -0.146. The highest BCUT2D eigenvalue weighted by Gasteiger charge is 2.50. The molecule has 1 fully saturated rings. The van der Waals surface area contributed by atoms with E-state index in [1.165, 1.54) is 0 Å². The van der Waals surface area contributed by atoms with E-state index in [2.05, 4.69) is 11.8 Å². The first kappa shape index (κ1) is 6.55. The predicted molar refractivity (Wildman–Crippen MR) is 30.2 cm³/mol. The number of aliphatic hydroxyl groups excluding tert-OH is 1. The van der Waals surface area contributed by atoms with Crippen molar-refractivity contribution in [2.75, 3.05) is 6.61 Å². The molecule has 0 atom stereocenters. The Balaban J connectivity index is 2.49. The van der Waals surface area contributed by atoms with Gasteiger partial charge in [0, 0.05) is 0 Å². The normalized spacial score (nSPS) is 21.1. The highest BCUT2D eigenvalue weighted by atomic mass is 16.5. The average Bonchev–Trinajstić information content (AvgIpc) is 2.66. The van der Waals surface area contributed by atoms with Gasteiger partial charge in [0.1, 0.15) is 7.11 Å². The van der Waals surface area contributed by atoms with Crippen LogP contribution in [0.4, 0.5) is 0 Å². The molecule has 1 rings (SSSR count). The number of ether oxygens (including phenoxy) is 1. The minimum Gasteiger partial charge on any atom is -0.462 e. The first-order valence-corrected chi connectivity index (χ1v) is 2.82. The zero-order valence-electron chi connectivity index (χ0n) is 5.09. The fourth-order valence-electron chi connectivity index (χ4n) is 0.731. The summed E-state index contributed by atoms with van der Waals surface area (Å²) in [7, 11) is 2.98. The molecule has 1 aliphatic carbocycles. The Labute approximate surface area is 53.6 Å². The minimum atomic E-state index is -0.568. The molecule has 0 aliphatic heterocycles. The van der Waals surface area contributed by atoms with Crippen molar-refractivity contribution in [1.82, 2.24) is 0 Å². The molecule has 0 heterocycles. The van der Waals surface area contributed by atoms with E-state index in [0.29, 0.717) is 0 Å². The number of hydrogen-bond acceptors (Lipinski definition) is 3. The van der Waals surface area contributed by atoms with Crippen molar-refractivity contribution >= 4 is 5.97 Å². The monoisotopic (exact) mass is 129 g/mol. The van der Waals surface area contributed by atoms with Gasteiger partial charge in [-0.1, -0.05) is 0 Å². The summed E-state index contributed by atoms with van der Waals surface area (Å²) in [6, 6.07) is 0. The Morgan fingerprint density at radius 2 is 2.33 bits per heavy atom. The van der Waals surface area contributed by atoms with Crippen LogP contribution in [0, 0.1) is 12.5 Å². The van der Waals surface area contributed by atoms with Crippen LogP contribution in [-0.2, 0) is 9.53 Å². The molecule has 9 heavy (non-hydrogen) atoms. The van der Waals surface area contributed by atoms with Gasteiger partial charge in [0.05, 0.1) is 12.0 Å². The van der Waals surface area contributed by atoms with Gasteiger partial charge in [0.2, 0.25) is 0 Å². The Morgan fingerprint density at radius 1 is 1.78 bits per heavy atom. The standard InChI is InChI=1S/C6H9O3/c1-9-5(8)6(4-7)2-3-6/h7H,1-4H2. The fraction of sp³-hybridized carbons (Fsp3) is 0.667. The van der Waals surface area contributed by atoms with E-state index < -0.39 is 5.41 Å². The molecular formula is C6H9O3. The number of carbonyl (C=O) groups excluding carboxylic acids is 1. The van der Waals surface area contributed by atoms with Gasteiger partial charge in [-0.25, -0.2) is 0 Å². The molecule has 1 aliphatic rings. The smallest absolute Gasteiger partial charge is 0.314 e. The lowest BCUT2D eigenvalue weighted by atomic mass is 10.1. The summed E-state index contributed by atoms with van der Waals surface area (Å²) in [5.74, 6) is -0.384. The molecule has 1 N–H and O–H groups in total. The van der Waals surface area contributed by atoms with E-state index in [4.69, 9.17) is 5.11 Å². The van der Waals surface area contributed by atoms with Crippen molar-refractivity contribution < 1.29 is 14.6 Å². The summed E-state index contributed by atoms with van der Waals surface area (Å²) in [5.41, 5.74) is -0.568. The second-order valence-electron chi connectivity index (χ2n) is 2.37. The van der Waals surface area contributed by atoms with Crippen LogP contribution in [0.1, 0.15) is 12.8 Å². The van der Waals surface area contributed by atoms with E-state index in [1.54, 1.807) is 0 Å². The highest BCUT2D eigenvalue weighted by molar-refractivity contribution is 5.80. The minimum absolute atomic E-state index is 0.110. The molecule has 3 heteroatoms. The van der Waals surface area contributed by atoms with Crippen molar-refractivity contribution in [2.45, 2.75) is 12.8 Å². The average molecular weight is 129 g/mol. The van der Waals surface area contributed by atoms with Crippen LogP contribution in [0.25, 0.3) is 0 Å². The summed E-state index contributed by atoms with van der Waals surface area (Å²) in [4.78, 5) is 10.7. The molecule has 0 aromatic rings. The van der Waals surface area contributed by atoms with Gasteiger partial charge in [-0.2, -0.15) is 0 Å². The number of rotatable bonds is 2. The summed E-state index contributed by atoms with van der Waals surface area (Å²) < 4.78 is 4.22. The molecule has 0 spiro atoms. The number of hydrogen-bond donors (Lipinski definition) is 1. The zero-order valence-corrected chi connectivity index (χ0v) is 5.09. The second kappa shape index (κ2) is 1.99. The molecule has 0 unspecified atom stereocenters. The molecule has 3 nitrogen and oxygen atoms in total. The van der Waals surface area contributed by atoms with Gasteiger partial charge in [0.15, 0.2) is 0 Å². The fourth-order valence-corrected chi connectivity index (χ4v) is 0.731. The summed E-state index contributed by atoms with van der Waals surface area (Å²) in [5, 5.41) is 8.63. The topological polar surface area (TPSA) is 46.5 Å². The van der Waals surface area contributed by atoms with E-state index >= 15 is 0 Å². The second-order valence-corrected chi connectivity index (χ2v) is 2.37. The van der Waals surface area contributed by atoms with Crippen LogP contribution in [0.3, 0.4) is 0 Å². The number of aliphatic hydroxyl groups is 1. The maximum absolute atomic E-state index is 10.7. The Kier molecular flexibility index (Phi) is 1.45. The molecular weight excluding hydrogens is 120 g/mol. The van der Waals surface area contributed by atoms with Gasteiger partial charge < -0.3 is 9.84 Å². The molecule has 1 radical (unpaired) electrons. The van der Waals surface area contributed by atoms with Crippen molar-refractivity contribution in [3.63, 3.8) is 0 Å². The van der Waals surface area contributed by atoms with Gasteiger partial charge in [-0.3, -0.25) is 4.79 Å². The third-order valence-electron chi connectivity index (χ3n) is 1.72. The number of carbonyl (C=O) groups is 1. The lowest BCUT2D eigenvalue weighted by Gasteiger charge is -2.05. The van der Waals surface area contributed by atoms with Crippen LogP contribution in [0.5, 0.6) is 0 Å². The molecule has 0 bridgehead atoms. The first-order chi connectivity index (χ1) is 4.25. The Bertz CT molecular complexity index is 126. The number of esters is 1. The SMILES string of the molecule is [CH2]OC(=O)C1(CO)CC1. The van der Waals surface area contributed by atoms with Gasteiger partial charge >= 0.3 is 5.97 Å². The maximum Gasteiger partial charge on any atom is 0.314 e. The largest absolute Gasteiger partial charge is 0.462 e. The summed E-state index contributed by atoms with van der Waals surface area (Å²) in [6.45, 7) is -0.110. The molecule has 0 aromatic heterocycles. The molecule has 0 saturated heterocycles. The van der Waals surface area contributed by atoms with Crippen molar-refractivity contribution in [2.24, 2.45) is 5.41 Å². The Morgan fingerprint density at radius 3 is 2.44 bits per heavy atom. The quantitative estimate of drug-likeness (QED) is 0.537. The van der Waals surface area contributed by atoms with Crippen LogP contribution >= 0.6 is 0 Å². The Hall–Kier alpha value is -0.570. The van der Waals surface area contributed by atoms with E-state index in [1.807, 2.05) is 0 Å². The van der Waals surface area contributed by atoms with Gasteiger partial charge in [-0.15, -0.1) is 0 Å². The van der Waals surface area contributed by atoms with Crippen LogP contribution in [0.15, 0.2) is 0 Å². The zero-order chi connectivity index (χ0) is 6.91. The summed E-state index contributed by atoms with van der Waals surface area (Å²) >= 11 is 0. The molecule has 0 aromatic carbocycles. The van der Waals surface area contributed by atoms with Crippen LogP contribution in [0.2, 0.25) is 0 Å². The highest BCUT2D eigenvalue weighted by Crippen LogP contribution is 2.45. The van der Waals surface area contributed by atoms with E-state index in [-0.39, 0.29) is 12.6 Å². The van der Waals surface area contributed by atoms with Crippen LogP contribution < -0.4 is 0 Å². The van der Waals surface area contributed by atoms with Crippen molar-refractivity contribution in [3.8, 4) is 0 Å². The maximum atomic E-state index is 10.7. The van der Waals surface area contributed by atoms with E-state index in [9.17, 15) is 4.79 Å². The first-order valence-electron chi connectivity index (χ1n) is 2.82. The van der Waals surface area contributed by atoms with E-state index in [0.717, 1.165) is 12.8 Å². The summed E-state index contributed by atoms with van der Waals surface area (Å²) in [6.07, 6.45) is 1.47. The molecule has 1 saturated carbocycles. The van der Waals surface area contributed by atoms with Crippen molar-refractivity contribution in [1.29, 1.82) is 0 Å². The molecule has 0 amide bonds. The van der Waals surface area contributed by atoms with Crippen molar-refractivity contribution in [3.05, 3.63) is 7.11 Å².